The van der Waals surface area contributed by atoms with Crippen molar-refractivity contribution in [2.45, 2.75) is 13.8 Å². The van der Waals surface area contributed by atoms with E-state index >= 15 is 0 Å². The van der Waals surface area contributed by atoms with Gasteiger partial charge in [0, 0.05) is 12.0 Å². The van der Waals surface area contributed by atoms with Crippen molar-refractivity contribution in [3.8, 4) is 0 Å². The van der Waals surface area contributed by atoms with Crippen molar-refractivity contribution in [2.24, 2.45) is 5.92 Å². The van der Waals surface area contributed by atoms with E-state index in [-0.39, 0.29) is 11.9 Å². The zero-order chi connectivity index (χ0) is 11.8. The van der Waals surface area contributed by atoms with E-state index in [4.69, 9.17) is 14.5 Å². The molecule has 0 aromatic heterocycles. The smallest absolute Gasteiger partial charge is 0.322 e. The van der Waals surface area contributed by atoms with E-state index in [1.165, 1.54) is 0 Å². The van der Waals surface area contributed by atoms with Gasteiger partial charge in [0.25, 0.3) is 0 Å². The van der Waals surface area contributed by atoms with E-state index in [9.17, 15) is 9.36 Å². The van der Waals surface area contributed by atoms with Crippen LogP contribution in [-0.2, 0) is 14.1 Å². The van der Waals surface area contributed by atoms with Gasteiger partial charge >= 0.3 is 13.6 Å². The molecule has 0 fully saturated rings. The van der Waals surface area contributed by atoms with Crippen LogP contribution >= 0.6 is 23.5 Å². The number of alkyl halides is 1. The zero-order valence-electron chi connectivity index (χ0n) is 8.44. The average Bonchev–Trinajstić information content (AvgIpc) is 2.00. The summed E-state index contributed by atoms with van der Waals surface area (Å²) < 4.78 is 14.1. The van der Waals surface area contributed by atoms with Crippen LogP contribution in [0.2, 0.25) is 0 Å². The molecule has 0 amide bonds. The first kappa shape index (κ1) is 16.5. The van der Waals surface area contributed by atoms with E-state index in [0.717, 1.165) is 6.66 Å². The number of carbonyl (C=O) groups is 1. The molecule has 0 saturated carbocycles. The molecule has 0 aliphatic carbocycles. The molecule has 7 heteroatoms. The summed E-state index contributed by atoms with van der Waals surface area (Å²) in [7, 11) is -3.64. The van der Waals surface area contributed by atoms with Gasteiger partial charge in [-0.05, 0) is 6.92 Å². The molecule has 0 aromatic rings. The first-order valence-corrected chi connectivity index (χ1v) is 7.16. The number of hydrogen-bond donors (Lipinski definition) is 2. The van der Waals surface area contributed by atoms with E-state index in [2.05, 4.69) is 15.9 Å². The lowest BCUT2D eigenvalue weighted by atomic mass is 10.2. The van der Waals surface area contributed by atoms with Gasteiger partial charge in [0.2, 0.25) is 0 Å². The van der Waals surface area contributed by atoms with Gasteiger partial charge in [-0.25, -0.2) is 0 Å². The van der Waals surface area contributed by atoms with Gasteiger partial charge in [0.1, 0.15) is 0 Å². The molecular formula is C7H16BrO5P. The largest absolute Gasteiger partial charge is 0.466 e. The Morgan fingerprint density at radius 2 is 1.93 bits per heavy atom. The Morgan fingerprint density at radius 1 is 1.57 bits per heavy atom. The molecule has 1 atom stereocenters. The third kappa shape index (κ3) is 18.0. The third-order valence-electron chi connectivity index (χ3n) is 0.920. The fourth-order valence-electron chi connectivity index (χ4n) is 0.348. The van der Waals surface area contributed by atoms with Crippen LogP contribution in [0.4, 0.5) is 0 Å². The minimum absolute atomic E-state index is 0.0232. The van der Waals surface area contributed by atoms with Gasteiger partial charge in [-0.2, -0.15) is 0 Å². The van der Waals surface area contributed by atoms with Crippen LogP contribution in [0, 0.1) is 5.92 Å². The lowest BCUT2D eigenvalue weighted by Gasteiger charge is -2.04. The first-order chi connectivity index (χ1) is 6.22. The van der Waals surface area contributed by atoms with E-state index < -0.39 is 7.60 Å². The summed E-state index contributed by atoms with van der Waals surface area (Å²) in [5.41, 5.74) is 0. The second-order valence-electron chi connectivity index (χ2n) is 2.64. The summed E-state index contributed by atoms with van der Waals surface area (Å²) in [4.78, 5) is 26.0. The maximum Gasteiger partial charge on any atom is 0.322 e. The predicted octanol–water partition coefficient (Wildman–Crippen LogP) is 1.37. The highest BCUT2D eigenvalue weighted by atomic mass is 79.9. The second-order valence-corrected chi connectivity index (χ2v) is 4.96. The lowest BCUT2D eigenvalue weighted by Crippen LogP contribution is -2.15. The predicted molar refractivity (Wildman–Crippen MR) is 57.6 cm³/mol. The van der Waals surface area contributed by atoms with Gasteiger partial charge in [-0.1, -0.05) is 22.9 Å². The van der Waals surface area contributed by atoms with Crippen LogP contribution in [0.15, 0.2) is 0 Å². The van der Waals surface area contributed by atoms with Crippen LogP contribution in [-0.4, -0.2) is 34.4 Å². The Kier molecular flexibility index (Phi) is 9.93. The summed E-state index contributed by atoms with van der Waals surface area (Å²) in [5, 5.41) is 0.672. The first-order valence-electron chi connectivity index (χ1n) is 3.98. The zero-order valence-corrected chi connectivity index (χ0v) is 10.9. The van der Waals surface area contributed by atoms with Gasteiger partial charge in [0.15, 0.2) is 0 Å². The molecule has 0 rings (SSSR count). The van der Waals surface area contributed by atoms with Crippen molar-refractivity contribution in [2.75, 3.05) is 18.6 Å². The van der Waals surface area contributed by atoms with Crippen molar-refractivity contribution in [1.29, 1.82) is 0 Å². The van der Waals surface area contributed by atoms with E-state index in [1.54, 1.807) is 6.92 Å². The van der Waals surface area contributed by atoms with Crippen molar-refractivity contribution in [1.82, 2.24) is 0 Å². The van der Waals surface area contributed by atoms with Crippen molar-refractivity contribution < 1.29 is 23.9 Å². The maximum absolute atomic E-state index is 10.7. The molecule has 0 bridgehead atoms. The Balaban J connectivity index is 0. The molecule has 0 aliphatic rings. The maximum atomic E-state index is 10.7. The fraction of sp³-hybridized carbons (Fsp3) is 0.857. The van der Waals surface area contributed by atoms with Crippen molar-refractivity contribution in [3.05, 3.63) is 0 Å². The summed E-state index contributed by atoms with van der Waals surface area (Å²) in [6, 6.07) is 0. The highest BCUT2D eigenvalue weighted by Crippen LogP contribution is 2.26. The molecule has 0 aliphatic heterocycles. The summed E-state index contributed by atoms with van der Waals surface area (Å²) in [6.45, 7) is 4.95. The molecular weight excluding hydrogens is 275 g/mol. The summed E-state index contributed by atoms with van der Waals surface area (Å²) in [5.74, 6) is -0.153. The van der Waals surface area contributed by atoms with E-state index in [1.807, 2.05) is 6.92 Å². The molecule has 0 aromatic carbocycles. The number of hydrogen-bond acceptors (Lipinski definition) is 3. The molecule has 5 nitrogen and oxygen atoms in total. The molecule has 0 heterocycles. The van der Waals surface area contributed by atoms with Gasteiger partial charge in [0.05, 0.1) is 12.5 Å². The van der Waals surface area contributed by atoms with Crippen LogP contribution in [0.3, 0.4) is 0 Å². The molecule has 1 unspecified atom stereocenters. The number of halogens is 1. The van der Waals surface area contributed by atoms with Crippen LogP contribution < -0.4 is 0 Å². The number of carbonyl (C=O) groups excluding carboxylic acids is 1. The Bertz CT molecular complexity index is 194. The average molecular weight is 291 g/mol. The normalized spacial score (nSPS) is 12.4. The highest BCUT2D eigenvalue weighted by Gasteiger charge is 2.10. The van der Waals surface area contributed by atoms with Crippen molar-refractivity contribution in [3.63, 3.8) is 0 Å². The fourth-order valence-corrected chi connectivity index (χ4v) is 0.612. The van der Waals surface area contributed by atoms with Gasteiger partial charge in [-0.3, -0.25) is 9.36 Å². The summed E-state index contributed by atoms with van der Waals surface area (Å²) >= 11 is 3.18. The SMILES string of the molecule is CCOC(=O)C(C)CBr.CP(=O)(O)O. The molecule has 0 radical (unpaired) electrons. The molecule has 14 heavy (non-hydrogen) atoms. The van der Waals surface area contributed by atoms with Gasteiger partial charge < -0.3 is 14.5 Å². The van der Waals surface area contributed by atoms with Crippen LogP contribution in [0.5, 0.6) is 0 Å². The second kappa shape index (κ2) is 8.41. The van der Waals surface area contributed by atoms with Crippen LogP contribution in [0.25, 0.3) is 0 Å². The van der Waals surface area contributed by atoms with Crippen LogP contribution in [0.1, 0.15) is 13.8 Å². The molecule has 86 valence electrons. The standard InChI is InChI=1S/C6H11BrO2.CH5O3P/c1-3-9-6(8)5(2)4-7;1-5(2,3)4/h5H,3-4H2,1-2H3;1H3,(H2,2,3,4). The topological polar surface area (TPSA) is 83.8 Å². The molecule has 0 spiro atoms. The molecule has 0 saturated heterocycles. The highest BCUT2D eigenvalue weighted by molar-refractivity contribution is 9.09. The quantitative estimate of drug-likeness (QED) is 0.466. The number of ether oxygens (including phenoxy) is 1. The Labute approximate surface area is 92.1 Å². The molecule has 2 N–H and O–H groups in total. The lowest BCUT2D eigenvalue weighted by molar-refractivity contribution is -0.146. The van der Waals surface area contributed by atoms with E-state index in [0.29, 0.717) is 11.9 Å². The Morgan fingerprint density at radius 3 is 2.14 bits per heavy atom. The van der Waals surface area contributed by atoms with Gasteiger partial charge in [-0.15, -0.1) is 0 Å². The van der Waals surface area contributed by atoms with Crippen molar-refractivity contribution >= 4 is 29.5 Å². The summed E-state index contributed by atoms with van der Waals surface area (Å²) in [6.07, 6.45) is 0. The Hall–Kier alpha value is 0.1000. The number of esters is 1. The minimum atomic E-state index is -3.64. The monoisotopic (exact) mass is 290 g/mol. The minimum Gasteiger partial charge on any atom is -0.466 e. The number of rotatable bonds is 3. The third-order valence-corrected chi connectivity index (χ3v) is 1.89.